The van der Waals surface area contributed by atoms with Gasteiger partial charge in [-0.05, 0) is 35.7 Å². The van der Waals surface area contributed by atoms with Gasteiger partial charge in [-0.25, -0.2) is 13.6 Å². The molecule has 0 aliphatic heterocycles. The molecule has 0 saturated heterocycles. The van der Waals surface area contributed by atoms with E-state index < -0.39 is 12.7 Å². The Morgan fingerprint density at radius 2 is 2.09 bits per heavy atom. The van der Waals surface area contributed by atoms with Gasteiger partial charge in [-0.3, -0.25) is 4.98 Å². The summed E-state index contributed by atoms with van der Waals surface area (Å²) in [5, 5.41) is 5.12. The third-order valence-corrected chi connectivity index (χ3v) is 3.42. The fourth-order valence-electron chi connectivity index (χ4n) is 2.31. The molecule has 2 aromatic rings. The predicted molar refractivity (Wildman–Crippen MR) is 84.5 cm³/mol. The maximum Gasteiger partial charge on any atom is 0.314 e. The minimum Gasteiger partial charge on any atom is -0.338 e. The van der Waals surface area contributed by atoms with Gasteiger partial charge in [0.2, 0.25) is 0 Å². The molecular formula is C17H19F2N3O. The molecule has 2 rings (SSSR count). The number of aromatic nitrogens is 1. The number of pyridine rings is 1. The zero-order chi connectivity index (χ0) is 16.5. The molecule has 4 nitrogen and oxygen atoms in total. The molecule has 122 valence electrons. The van der Waals surface area contributed by atoms with Crippen molar-refractivity contribution in [2.24, 2.45) is 0 Å². The molecule has 0 bridgehead atoms. The molecule has 23 heavy (non-hydrogen) atoms. The Bertz CT molecular complexity index is 622. The highest BCUT2D eigenvalue weighted by Gasteiger charge is 2.14. The Morgan fingerprint density at radius 3 is 2.78 bits per heavy atom. The van der Waals surface area contributed by atoms with Gasteiger partial charge in [-0.1, -0.05) is 18.2 Å². The Hall–Kier alpha value is -2.50. The highest BCUT2D eigenvalue weighted by Crippen LogP contribution is 2.20. The van der Waals surface area contributed by atoms with Gasteiger partial charge in [0, 0.05) is 31.4 Å². The monoisotopic (exact) mass is 319 g/mol. The molecule has 2 amide bonds. The van der Waals surface area contributed by atoms with E-state index in [0.29, 0.717) is 13.0 Å². The van der Waals surface area contributed by atoms with Crippen LogP contribution in [0.5, 0.6) is 0 Å². The van der Waals surface area contributed by atoms with Crippen molar-refractivity contribution in [3.05, 3.63) is 65.7 Å². The number of amides is 2. The number of nitrogens with zero attached hydrogens (tertiary/aromatic N) is 1. The summed E-state index contributed by atoms with van der Waals surface area (Å²) in [4.78, 5) is 15.7. The second-order valence-corrected chi connectivity index (χ2v) is 5.14. The van der Waals surface area contributed by atoms with Crippen LogP contribution < -0.4 is 10.6 Å². The van der Waals surface area contributed by atoms with Crippen LogP contribution in [0.25, 0.3) is 0 Å². The van der Waals surface area contributed by atoms with Crippen molar-refractivity contribution in [1.29, 1.82) is 0 Å². The number of carbonyl (C=O) groups is 1. The van der Waals surface area contributed by atoms with Crippen LogP contribution in [0, 0.1) is 5.82 Å². The van der Waals surface area contributed by atoms with E-state index in [0.717, 1.165) is 11.1 Å². The van der Waals surface area contributed by atoms with Gasteiger partial charge < -0.3 is 10.6 Å². The number of carbonyl (C=O) groups excluding carboxylic acids is 1. The molecule has 0 radical (unpaired) electrons. The minimum atomic E-state index is -0.608. The van der Waals surface area contributed by atoms with Crippen LogP contribution in [0.2, 0.25) is 0 Å². The number of hydrogen-bond acceptors (Lipinski definition) is 2. The summed E-state index contributed by atoms with van der Waals surface area (Å²) in [5.41, 5.74) is 1.78. The molecule has 0 aliphatic carbocycles. The number of halogens is 2. The molecule has 1 aromatic carbocycles. The number of benzene rings is 1. The van der Waals surface area contributed by atoms with E-state index in [1.807, 2.05) is 18.2 Å². The highest BCUT2D eigenvalue weighted by molar-refractivity contribution is 5.73. The van der Waals surface area contributed by atoms with Crippen LogP contribution in [0.15, 0.2) is 48.8 Å². The average Bonchev–Trinajstić information content (AvgIpc) is 2.57. The van der Waals surface area contributed by atoms with Gasteiger partial charge in [0.15, 0.2) is 0 Å². The number of hydrogen-bond donors (Lipinski definition) is 2. The largest absolute Gasteiger partial charge is 0.338 e. The van der Waals surface area contributed by atoms with Gasteiger partial charge in [-0.15, -0.1) is 0 Å². The van der Waals surface area contributed by atoms with Crippen molar-refractivity contribution < 1.29 is 13.6 Å². The average molecular weight is 319 g/mol. The lowest BCUT2D eigenvalue weighted by molar-refractivity contribution is 0.239. The van der Waals surface area contributed by atoms with Crippen molar-refractivity contribution in [1.82, 2.24) is 15.6 Å². The number of nitrogens with one attached hydrogen (secondary N) is 2. The standard InChI is InChI=1S/C17H19F2N3O/c18-6-8-21-17(23)22-12-15(14-4-2-7-20-11-14)9-13-3-1-5-16(19)10-13/h1-5,7,10-11,15H,6,8-9,12H2,(H2,21,22,23). The topological polar surface area (TPSA) is 54.0 Å². The third kappa shape index (κ3) is 5.65. The molecule has 1 heterocycles. The maximum atomic E-state index is 13.3. The van der Waals surface area contributed by atoms with Crippen molar-refractivity contribution in [2.75, 3.05) is 19.8 Å². The number of urea groups is 1. The summed E-state index contributed by atoms with van der Waals surface area (Å²) in [6, 6.07) is 9.69. The molecule has 1 aromatic heterocycles. The summed E-state index contributed by atoms with van der Waals surface area (Å²) >= 11 is 0. The van der Waals surface area contributed by atoms with E-state index in [9.17, 15) is 13.6 Å². The fraction of sp³-hybridized carbons (Fsp3) is 0.294. The first kappa shape index (κ1) is 16.9. The minimum absolute atomic E-state index is 0.0205. The molecule has 0 saturated carbocycles. The Kier molecular flexibility index (Phi) is 6.47. The molecule has 0 aliphatic rings. The molecule has 0 fully saturated rings. The van der Waals surface area contributed by atoms with Crippen LogP contribution >= 0.6 is 0 Å². The third-order valence-electron chi connectivity index (χ3n) is 3.42. The van der Waals surface area contributed by atoms with E-state index in [-0.39, 0.29) is 18.3 Å². The molecule has 6 heteroatoms. The first-order valence-electron chi connectivity index (χ1n) is 7.41. The summed E-state index contributed by atoms with van der Waals surface area (Å²) in [6.07, 6.45) is 3.96. The van der Waals surface area contributed by atoms with Gasteiger partial charge in [0.25, 0.3) is 0 Å². The van der Waals surface area contributed by atoms with E-state index in [1.54, 1.807) is 18.5 Å². The Balaban J connectivity index is 2.05. The van der Waals surface area contributed by atoms with E-state index >= 15 is 0 Å². The molecule has 1 unspecified atom stereocenters. The van der Waals surface area contributed by atoms with Crippen LogP contribution in [0.1, 0.15) is 17.0 Å². The van der Waals surface area contributed by atoms with Crippen LogP contribution in [0.4, 0.5) is 13.6 Å². The van der Waals surface area contributed by atoms with Gasteiger partial charge in [-0.2, -0.15) is 0 Å². The zero-order valence-electron chi connectivity index (χ0n) is 12.6. The summed E-state index contributed by atoms with van der Waals surface area (Å²) in [6.45, 7) is -0.281. The van der Waals surface area contributed by atoms with Gasteiger partial charge >= 0.3 is 6.03 Å². The van der Waals surface area contributed by atoms with Crippen molar-refractivity contribution in [3.8, 4) is 0 Å². The zero-order valence-corrected chi connectivity index (χ0v) is 12.6. The first-order chi connectivity index (χ1) is 11.2. The molecule has 2 N–H and O–H groups in total. The van der Waals surface area contributed by atoms with Gasteiger partial charge in [0.05, 0.1) is 0 Å². The lowest BCUT2D eigenvalue weighted by atomic mass is 9.93. The van der Waals surface area contributed by atoms with E-state index in [4.69, 9.17) is 0 Å². The van der Waals surface area contributed by atoms with Crippen LogP contribution in [0.3, 0.4) is 0 Å². The van der Waals surface area contributed by atoms with Crippen molar-refractivity contribution in [2.45, 2.75) is 12.3 Å². The first-order valence-corrected chi connectivity index (χ1v) is 7.41. The maximum absolute atomic E-state index is 13.3. The number of alkyl halides is 1. The van der Waals surface area contributed by atoms with Crippen molar-refractivity contribution >= 4 is 6.03 Å². The van der Waals surface area contributed by atoms with Crippen LogP contribution in [-0.2, 0) is 6.42 Å². The smallest absolute Gasteiger partial charge is 0.314 e. The highest BCUT2D eigenvalue weighted by atomic mass is 19.1. The van der Waals surface area contributed by atoms with E-state index in [2.05, 4.69) is 15.6 Å². The summed E-state index contributed by atoms with van der Waals surface area (Å²) in [5.74, 6) is -0.345. The summed E-state index contributed by atoms with van der Waals surface area (Å²) < 4.78 is 25.4. The molecule has 1 atom stereocenters. The Morgan fingerprint density at radius 1 is 1.22 bits per heavy atom. The Labute approximate surface area is 133 Å². The van der Waals surface area contributed by atoms with Crippen LogP contribution in [-0.4, -0.2) is 30.8 Å². The van der Waals surface area contributed by atoms with Crippen molar-refractivity contribution in [3.63, 3.8) is 0 Å². The lowest BCUT2D eigenvalue weighted by Crippen LogP contribution is -2.39. The second kappa shape index (κ2) is 8.82. The number of rotatable bonds is 7. The lowest BCUT2D eigenvalue weighted by Gasteiger charge is -2.18. The summed E-state index contributed by atoms with van der Waals surface area (Å²) in [7, 11) is 0. The SMILES string of the molecule is O=C(NCCF)NCC(Cc1cccc(F)c1)c1cccnc1. The predicted octanol–water partition coefficient (Wildman–Crippen LogP) is 2.82. The normalized spacial score (nSPS) is 11.7. The fourth-order valence-corrected chi connectivity index (χ4v) is 2.31. The molecular weight excluding hydrogens is 300 g/mol. The second-order valence-electron chi connectivity index (χ2n) is 5.14. The quantitative estimate of drug-likeness (QED) is 0.824. The van der Waals surface area contributed by atoms with Gasteiger partial charge in [0.1, 0.15) is 12.5 Å². The molecule has 0 spiro atoms. The van der Waals surface area contributed by atoms with E-state index in [1.165, 1.54) is 12.1 Å².